The van der Waals surface area contributed by atoms with Crippen molar-refractivity contribution in [3.8, 4) is 0 Å². The van der Waals surface area contributed by atoms with Gasteiger partial charge in [-0.2, -0.15) is 0 Å². The van der Waals surface area contributed by atoms with Gasteiger partial charge in [0, 0.05) is 12.6 Å². The van der Waals surface area contributed by atoms with E-state index in [-0.39, 0.29) is 0 Å². The number of rotatable bonds is 7. The fourth-order valence-corrected chi connectivity index (χ4v) is 1.01. The summed E-state index contributed by atoms with van der Waals surface area (Å²) in [7, 11) is 2.17. The molecule has 0 spiro atoms. The van der Waals surface area contributed by atoms with Crippen LogP contribution in [0.4, 0.5) is 0 Å². The Balaban J connectivity index is 3.21. The van der Waals surface area contributed by atoms with E-state index in [2.05, 4.69) is 37.7 Å². The third-order valence-corrected chi connectivity index (χ3v) is 2.17. The SMILES string of the molecule is C=C(C)CNCCCN(C)C(C)C. The summed E-state index contributed by atoms with van der Waals surface area (Å²) in [6.07, 6.45) is 1.21. The van der Waals surface area contributed by atoms with E-state index in [9.17, 15) is 0 Å². The Morgan fingerprint density at radius 2 is 2.08 bits per heavy atom. The molecule has 2 nitrogen and oxygen atoms in total. The summed E-state index contributed by atoms with van der Waals surface area (Å²) in [6, 6.07) is 0.654. The van der Waals surface area contributed by atoms with Gasteiger partial charge in [-0.1, -0.05) is 12.2 Å². The summed E-state index contributed by atoms with van der Waals surface area (Å²) in [5.74, 6) is 0. The van der Waals surface area contributed by atoms with Crippen LogP contribution in [-0.2, 0) is 0 Å². The molecule has 0 aromatic carbocycles. The average Bonchev–Trinajstić information content (AvgIpc) is 2.02. The van der Waals surface area contributed by atoms with E-state index in [1.807, 2.05) is 6.92 Å². The molecule has 2 heteroatoms. The average molecular weight is 184 g/mol. The van der Waals surface area contributed by atoms with Gasteiger partial charge in [-0.15, -0.1) is 0 Å². The van der Waals surface area contributed by atoms with Crippen molar-refractivity contribution >= 4 is 0 Å². The molecule has 0 rings (SSSR count). The predicted octanol–water partition coefficient (Wildman–Crippen LogP) is 1.88. The summed E-state index contributed by atoms with van der Waals surface area (Å²) in [5, 5.41) is 3.35. The zero-order valence-electron chi connectivity index (χ0n) is 9.56. The molecule has 0 aromatic rings. The van der Waals surface area contributed by atoms with Crippen LogP contribution in [0.25, 0.3) is 0 Å². The van der Waals surface area contributed by atoms with Gasteiger partial charge in [-0.25, -0.2) is 0 Å². The van der Waals surface area contributed by atoms with Gasteiger partial charge in [0.2, 0.25) is 0 Å². The molecule has 0 saturated carbocycles. The topological polar surface area (TPSA) is 15.3 Å². The van der Waals surface area contributed by atoms with Gasteiger partial charge in [0.1, 0.15) is 0 Å². The first-order valence-electron chi connectivity index (χ1n) is 5.09. The molecule has 0 amide bonds. The Morgan fingerprint density at radius 3 is 2.54 bits per heavy atom. The smallest absolute Gasteiger partial charge is 0.0159 e. The minimum absolute atomic E-state index is 0.654. The molecule has 0 unspecified atom stereocenters. The van der Waals surface area contributed by atoms with Crippen molar-refractivity contribution in [3.63, 3.8) is 0 Å². The summed E-state index contributed by atoms with van der Waals surface area (Å²) in [4.78, 5) is 2.36. The highest BCUT2D eigenvalue weighted by Gasteiger charge is 2.00. The molecule has 78 valence electrons. The first-order valence-corrected chi connectivity index (χ1v) is 5.09. The van der Waals surface area contributed by atoms with Crippen LogP contribution in [0.5, 0.6) is 0 Å². The second kappa shape index (κ2) is 7.10. The zero-order chi connectivity index (χ0) is 10.3. The minimum atomic E-state index is 0.654. The molecule has 0 bridgehead atoms. The van der Waals surface area contributed by atoms with Gasteiger partial charge < -0.3 is 10.2 Å². The van der Waals surface area contributed by atoms with Crippen molar-refractivity contribution in [1.29, 1.82) is 0 Å². The lowest BCUT2D eigenvalue weighted by Crippen LogP contribution is -2.29. The minimum Gasteiger partial charge on any atom is -0.313 e. The summed E-state index contributed by atoms with van der Waals surface area (Å²) < 4.78 is 0. The zero-order valence-corrected chi connectivity index (χ0v) is 9.56. The van der Waals surface area contributed by atoms with E-state index >= 15 is 0 Å². The fourth-order valence-electron chi connectivity index (χ4n) is 1.01. The quantitative estimate of drug-likeness (QED) is 0.480. The maximum Gasteiger partial charge on any atom is 0.0159 e. The molecule has 0 radical (unpaired) electrons. The van der Waals surface area contributed by atoms with Crippen molar-refractivity contribution in [2.75, 3.05) is 26.7 Å². The Morgan fingerprint density at radius 1 is 1.46 bits per heavy atom. The Bertz CT molecular complexity index is 141. The monoisotopic (exact) mass is 184 g/mol. The van der Waals surface area contributed by atoms with E-state index in [4.69, 9.17) is 0 Å². The summed E-state index contributed by atoms with van der Waals surface area (Å²) in [5.41, 5.74) is 1.21. The maximum absolute atomic E-state index is 3.84. The lowest BCUT2D eigenvalue weighted by atomic mass is 10.3. The Labute approximate surface area is 83.0 Å². The number of nitrogens with zero attached hydrogens (tertiary/aromatic N) is 1. The molecule has 0 fully saturated rings. The van der Waals surface area contributed by atoms with Gasteiger partial charge in [0.15, 0.2) is 0 Å². The van der Waals surface area contributed by atoms with Crippen molar-refractivity contribution in [2.24, 2.45) is 0 Å². The molecule has 0 aliphatic rings. The van der Waals surface area contributed by atoms with E-state index in [1.54, 1.807) is 0 Å². The van der Waals surface area contributed by atoms with Crippen molar-refractivity contribution in [2.45, 2.75) is 33.2 Å². The summed E-state index contributed by atoms with van der Waals surface area (Å²) in [6.45, 7) is 13.5. The molecule has 0 atom stereocenters. The molecule has 1 N–H and O–H groups in total. The van der Waals surface area contributed by atoms with Gasteiger partial charge in [-0.3, -0.25) is 0 Å². The van der Waals surface area contributed by atoms with E-state index < -0.39 is 0 Å². The van der Waals surface area contributed by atoms with Crippen LogP contribution in [0.1, 0.15) is 27.2 Å². The van der Waals surface area contributed by atoms with Crippen molar-refractivity contribution < 1.29 is 0 Å². The standard InChI is InChI=1S/C11H24N2/c1-10(2)9-12-7-6-8-13(5)11(3)4/h11-12H,1,6-9H2,2-5H3. The van der Waals surface area contributed by atoms with Crippen molar-refractivity contribution in [3.05, 3.63) is 12.2 Å². The third kappa shape index (κ3) is 8.00. The lowest BCUT2D eigenvalue weighted by molar-refractivity contribution is 0.270. The molecule has 0 aromatic heterocycles. The highest BCUT2D eigenvalue weighted by Crippen LogP contribution is 1.94. The number of hydrogen-bond acceptors (Lipinski definition) is 2. The van der Waals surface area contributed by atoms with Crippen LogP contribution >= 0.6 is 0 Å². The highest BCUT2D eigenvalue weighted by molar-refractivity contribution is 4.90. The largest absolute Gasteiger partial charge is 0.313 e. The normalized spacial score (nSPS) is 11.2. The van der Waals surface area contributed by atoms with E-state index in [1.165, 1.54) is 18.5 Å². The van der Waals surface area contributed by atoms with Crippen LogP contribution in [0.3, 0.4) is 0 Å². The molecule has 13 heavy (non-hydrogen) atoms. The first-order chi connectivity index (χ1) is 6.04. The van der Waals surface area contributed by atoms with E-state index in [0.717, 1.165) is 13.1 Å². The maximum atomic E-state index is 3.84. The van der Waals surface area contributed by atoms with Gasteiger partial charge >= 0.3 is 0 Å². The van der Waals surface area contributed by atoms with Crippen molar-refractivity contribution in [1.82, 2.24) is 10.2 Å². The van der Waals surface area contributed by atoms with Crippen LogP contribution in [-0.4, -0.2) is 37.6 Å². The van der Waals surface area contributed by atoms with Crippen LogP contribution in [0, 0.1) is 0 Å². The van der Waals surface area contributed by atoms with Crippen LogP contribution < -0.4 is 5.32 Å². The molecule has 0 heterocycles. The highest BCUT2D eigenvalue weighted by atomic mass is 15.1. The molecular formula is C11H24N2. The number of nitrogens with one attached hydrogen (secondary N) is 1. The number of hydrogen-bond donors (Lipinski definition) is 1. The molecular weight excluding hydrogens is 160 g/mol. The van der Waals surface area contributed by atoms with Gasteiger partial charge in [0.25, 0.3) is 0 Å². The second-order valence-corrected chi connectivity index (χ2v) is 4.06. The van der Waals surface area contributed by atoms with Gasteiger partial charge in [-0.05, 0) is 47.3 Å². The Kier molecular flexibility index (Phi) is 6.92. The van der Waals surface area contributed by atoms with E-state index in [0.29, 0.717) is 6.04 Å². The predicted molar refractivity (Wildman–Crippen MR) is 60.1 cm³/mol. The lowest BCUT2D eigenvalue weighted by Gasteiger charge is -2.20. The van der Waals surface area contributed by atoms with Crippen LogP contribution in [0.2, 0.25) is 0 Å². The fraction of sp³-hybridized carbons (Fsp3) is 0.818. The Hall–Kier alpha value is -0.340. The third-order valence-electron chi connectivity index (χ3n) is 2.17. The molecule has 0 aliphatic heterocycles. The van der Waals surface area contributed by atoms with Crippen LogP contribution in [0.15, 0.2) is 12.2 Å². The second-order valence-electron chi connectivity index (χ2n) is 4.06. The first kappa shape index (κ1) is 12.7. The molecule has 0 aliphatic carbocycles. The summed E-state index contributed by atoms with van der Waals surface area (Å²) >= 11 is 0. The molecule has 0 saturated heterocycles. The van der Waals surface area contributed by atoms with Gasteiger partial charge in [0.05, 0.1) is 0 Å².